The first-order chi connectivity index (χ1) is 6.31. The molecule has 0 fully saturated rings. The minimum atomic E-state index is -0.290. The van der Waals surface area contributed by atoms with E-state index in [-0.39, 0.29) is 5.82 Å². The van der Waals surface area contributed by atoms with Crippen LogP contribution in [0.4, 0.5) is 4.39 Å². The quantitative estimate of drug-likeness (QED) is 0.388. The lowest BCUT2D eigenvalue weighted by molar-refractivity contribution is 0.629. The van der Waals surface area contributed by atoms with Crippen molar-refractivity contribution >= 4 is 17.1 Å². The highest BCUT2D eigenvalue weighted by Crippen LogP contribution is 2.17. The van der Waals surface area contributed by atoms with Crippen LogP contribution in [0.5, 0.6) is 0 Å². The molecule has 1 heterocycles. The number of hydrazone groups is 1. The Hall–Kier alpha value is -1.84. The molecular weight excluding hydrogens is 169 g/mol. The van der Waals surface area contributed by atoms with Crippen molar-refractivity contribution in [3.8, 4) is 0 Å². The second kappa shape index (κ2) is 2.90. The smallest absolute Gasteiger partial charge is 0.124 e. The Morgan fingerprint density at radius 3 is 3.08 bits per heavy atom. The maximum atomic E-state index is 13.0. The van der Waals surface area contributed by atoms with E-state index in [9.17, 15) is 4.39 Å². The number of aromatic nitrogens is 1. The summed E-state index contributed by atoms with van der Waals surface area (Å²) in [4.78, 5) is 2.99. The van der Waals surface area contributed by atoms with Crippen molar-refractivity contribution in [3.05, 3.63) is 35.8 Å². The molecule has 0 aliphatic carbocycles. The van der Waals surface area contributed by atoms with E-state index in [2.05, 4.69) is 10.1 Å². The number of rotatable bonds is 1. The fourth-order valence-corrected chi connectivity index (χ4v) is 1.34. The summed E-state index contributed by atoms with van der Waals surface area (Å²) >= 11 is 0. The molecule has 0 amide bonds. The molecule has 0 bridgehead atoms. The van der Waals surface area contributed by atoms with Crippen LogP contribution in [0.1, 0.15) is 5.56 Å². The summed E-state index contributed by atoms with van der Waals surface area (Å²) in [5.74, 6) is 4.71. The molecule has 0 saturated carbocycles. The second-order valence-electron chi connectivity index (χ2n) is 2.72. The number of hydrogen-bond acceptors (Lipinski definition) is 2. The number of hydrogen-bond donors (Lipinski definition) is 2. The van der Waals surface area contributed by atoms with Gasteiger partial charge in [-0.05, 0) is 18.2 Å². The SMILES string of the molecule is NN=Cc1cc(F)cc2cc[nH]c12. The van der Waals surface area contributed by atoms with Gasteiger partial charge in [-0.15, -0.1) is 0 Å². The molecule has 0 unspecified atom stereocenters. The zero-order valence-electron chi connectivity index (χ0n) is 6.79. The van der Waals surface area contributed by atoms with E-state index >= 15 is 0 Å². The molecule has 0 saturated heterocycles. The summed E-state index contributed by atoms with van der Waals surface area (Å²) in [5, 5.41) is 4.18. The van der Waals surface area contributed by atoms with Gasteiger partial charge in [-0.1, -0.05) is 0 Å². The Balaban J connectivity index is 2.77. The average molecular weight is 177 g/mol. The summed E-state index contributed by atoms with van der Waals surface area (Å²) in [6, 6.07) is 4.64. The fraction of sp³-hybridized carbons (Fsp3) is 0. The van der Waals surface area contributed by atoms with Crippen molar-refractivity contribution in [3.63, 3.8) is 0 Å². The van der Waals surface area contributed by atoms with Gasteiger partial charge < -0.3 is 10.8 Å². The van der Waals surface area contributed by atoms with Crippen molar-refractivity contribution in [1.29, 1.82) is 0 Å². The van der Waals surface area contributed by atoms with Crippen LogP contribution in [0.15, 0.2) is 29.5 Å². The molecule has 0 aliphatic rings. The van der Waals surface area contributed by atoms with Crippen LogP contribution in [-0.2, 0) is 0 Å². The third-order valence-corrected chi connectivity index (χ3v) is 1.87. The van der Waals surface area contributed by atoms with Gasteiger partial charge >= 0.3 is 0 Å². The second-order valence-corrected chi connectivity index (χ2v) is 2.72. The van der Waals surface area contributed by atoms with Gasteiger partial charge in [-0.25, -0.2) is 4.39 Å². The number of H-pyrrole nitrogens is 1. The van der Waals surface area contributed by atoms with Gasteiger partial charge in [0.1, 0.15) is 5.82 Å². The number of benzene rings is 1. The van der Waals surface area contributed by atoms with E-state index in [1.54, 1.807) is 12.3 Å². The first-order valence-electron chi connectivity index (χ1n) is 3.81. The molecule has 0 radical (unpaired) electrons. The monoisotopic (exact) mass is 177 g/mol. The molecule has 3 nitrogen and oxygen atoms in total. The van der Waals surface area contributed by atoms with Crippen LogP contribution in [0.3, 0.4) is 0 Å². The number of halogens is 1. The van der Waals surface area contributed by atoms with Gasteiger partial charge in [0.15, 0.2) is 0 Å². The van der Waals surface area contributed by atoms with E-state index in [1.165, 1.54) is 18.3 Å². The molecule has 13 heavy (non-hydrogen) atoms. The Morgan fingerprint density at radius 1 is 1.46 bits per heavy atom. The van der Waals surface area contributed by atoms with Crippen molar-refractivity contribution < 1.29 is 4.39 Å². The Bertz CT molecular complexity index is 459. The molecule has 1 aromatic heterocycles. The first kappa shape index (κ1) is 7.79. The molecule has 0 aliphatic heterocycles. The number of nitrogens with one attached hydrogen (secondary N) is 1. The Labute approximate surface area is 74.1 Å². The topological polar surface area (TPSA) is 54.2 Å². The number of nitrogens with two attached hydrogens (primary N) is 1. The number of aromatic amines is 1. The zero-order chi connectivity index (χ0) is 9.26. The summed E-state index contributed by atoms with van der Waals surface area (Å²) in [6.07, 6.45) is 3.17. The minimum Gasteiger partial charge on any atom is -0.361 e. The van der Waals surface area contributed by atoms with Crippen LogP contribution in [-0.4, -0.2) is 11.2 Å². The van der Waals surface area contributed by atoms with E-state index in [0.717, 1.165) is 10.9 Å². The summed E-state index contributed by atoms with van der Waals surface area (Å²) < 4.78 is 13.0. The Morgan fingerprint density at radius 2 is 2.31 bits per heavy atom. The van der Waals surface area contributed by atoms with Gasteiger partial charge in [-0.3, -0.25) is 0 Å². The van der Waals surface area contributed by atoms with Crippen molar-refractivity contribution in [2.24, 2.45) is 10.9 Å². The maximum absolute atomic E-state index is 13.0. The molecular formula is C9H8FN3. The molecule has 4 heteroatoms. The van der Waals surface area contributed by atoms with E-state index in [0.29, 0.717) is 5.56 Å². The highest BCUT2D eigenvalue weighted by atomic mass is 19.1. The fourth-order valence-electron chi connectivity index (χ4n) is 1.34. The van der Waals surface area contributed by atoms with Crippen LogP contribution >= 0.6 is 0 Å². The largest absolute Gasteiger partial charge is 0.361 e. The normalized spacial score (nSPS) is 11.5. The van der Waals surface area contributed by atoms with Crippen molar-refractivity contribution in [1.82, 2.24) is 4.98 Å². The molecule has 0 atom stereocenters. The summed E-state index contributed by atoms with van der Waals surface area (Å²) in [7, 11) is 0. The lowest BCUT2D eigenvalue weighted by Crippen LogP contribution is -1.89. The summed E-state index contributed by atoms with van der Waals surface area (Å²) in [6.45, 7) is 0. The minimum absolute atomic E-state index is 0.290. The molecule has 0 spiro atoms. The standard InChI is InChI=1S/C9H8FN3/c10-8-3-6-1-2-12-9(6)7(4-8)5-13-11/h1-5,12H,11H2. The third kappa shape index (κ3) is 1.26. The highest BCUT2D eigenvalue weighted by Gasteiger charge is 2.02. The van der Waals surface area contributed by atoms with Gasteiger partial charge in [0, 0.05) is 17.1 Å². The average Bonchev–Trinajstić information content (AvgIpc) is 2.52. The maximum Gasteiger partial charge on any atom is 0.124 e. The van der Waals surface area contributed by atoms with Crippen LogP contribution in [0.25, 0.3) is 10.9 Å². The van der Waals surface area contributed by atoms with Gasteiger partial charge in [0.2, 0.25) is 0 Å². The van der Waals surface area contributed by atoms with Crippen LogP contribution < -0.4 is 5.84 Å². The van der Waals surface area contributed by atoms with Gasteiger partial charge in [0.25, 0.3) is 0 Å². The number of nitrogens with zero attached hydrogens (tertiary/aromatic N) is 1. The molecule has 66 valence electrons. The molecule has 2 rings (SSSR count). The van der Waals surface area contributed by atoms with Gasteiger partial charge in [-0.2, -0.15) is 5.10 Å². The predicted molar refractivity (Wildman–Crippen MR) is 50.0 cm³/mol. The lowest BCUT2D eigenvalue weighted by atomic mass is 10.1. The van der Waals surface area contributed by atoms with Crippen LogP contribution in [0, 0.1) is 5.82 Å². The zero-order valence-corrected chi connectivity index (χ0v) is 6.79. The van der Waals surface area contributed by atoms with Crippen molar-refractivity contribution in [2.75, 3.05) is 0 Å². The summed E-state index contributed by atoms with van der Waals surface area (Å²) in [5.41, 5.74) is 1.50. The first-order valence-corrected chi connectivity index (χ1v) is 3.81. The van der Waals surface area contributed by atoms with Crippen molar-refractivity contribution in [2.45, 2.75) is 0 Å². The van der Waals surface area contributed by atoms with E-state index in [4.69, 9.17) is 5.84 Å². The number of fused-ring (bicyclic) bond motifs is 1. The molecule has 3 N–H and O–H groups in total. The van der Waals surface area contributed by atoms with Gasteiger partial charge in [0.05, 0.1) is 11.7 Å². The van der Waals surface area contributed by atoms with E-state index < -0.39 is 0 Å². The predicted octanol–water partition coefficient (Wildman–Crippen LogP) is 1.60. The third-order valence-electron chi connectivity index (χ3n) is 1.87. The molecule has 2 aromatic rings. The highest BCUT2D eigenvalue weighted by molar-refractivity contribution is 5.97. The van der Waals surface area contributed by atoms with Crippen LogP contribution in [0.2, 0.25) is 0 Å². The van der Waals surface area contributed by atoms with E-state index in [1.807, 2.05) is 0 Å². The Kier molecular flexibility index (Phi) is 1.73. The molecule has 1 aromatic carbocycles. The lowest BCUT2D eigenvalue weighted by Gasteiger charge is -1.96.